The molecule has 1 amide bonds. The van der Waals surface area contributed by atoms with Crippen molar-refractivity contribution in [2.45, 2.75) is 13.5 Å². The topological polar surface area (TPSA) is 51.2 Å². The Morgan fingerprint density at radius 3 is 2.79 bits per heavy atom. The number of nitrogens with one attached hydrogen (secondary N) is 1. The van der Waals surface area contributed by atoms with E-state index in [1.54, 1.807) is 18.4 Å². The number of amides is 1. The molecule has 0 aliphatic carbocycles. The van der Waals surface area contributed by atoms with Crippen LogP contribution in [0.5, 0.6) is 5.75 Å². The number of thiophene rings is 1. The van der Waals surface area contributed by atoms with Gasteiger partial charge in [0.05, 0.1) is 28.9 Å². The molecule has 0 saturated carbocycles. The summed E-state index contributed by atoms with van der Waals surface area (Å²) in [5.74, 6) is 0.653. The fourth-order valence-corrected chi connectivity index (χ4v) is 3.12. The zero-order valence-corrected chi connectivity index (χ0v) is 14.4. The second-order valence-corrected chi connectivity index (χ2v) is 6.29. The number of aryl methyl sites for hydroxylation is 1. The Hall–Kier alpha value is -2.66. The maximum absolute atomic E-state index is 12.4. The number of aromatic nitrogens is 1. The van der Waals surface area contributed by atoms with Gasteiger partial charge >= 0.3 is 0 Å². The van der Waals surface area contributed by atoms with Crippen LogP contribution < -0.4 is 10.1 Å². The van der Waals surface area contributed by atoms with E-state index in [4.69, 9.17) is 4.74 Å². The number of hydrogen-bond acceptors (Lipinski definition) is 4. The Balaban J connectivity index is 1.70. The Morgan fingerprint density at radius 2 is 2.08 bits per heavy atom. The van der Waals surface area contributed by atoms with Crippen molar-refractivity contribution in [2.24, 2.45) is 0 Å². The lowest BCUT2D eigenvalue weighted by Gasteiger charge is -2.09. The van der Waals surface area contributed by atoms with Crippen LogP contribution in [0.3, 0.4) is 0 Å². The molecule has 3 rings (SSSR count). The normalized spacial score (nSPS) is 10.4. The number of ether oxygens (including phenoxy) is 1. The van der Waals surface area contributed by atoms with Gasteiger partial charge < -0.3 is 10.1 Å². The molecule has 24 heavy (non-hydrogen) atoms. The van der Waals surface area contributed by atoms with Crippen LogP contribution in [0.4, 0.5) is 0 Å². The summed E-state index contributed by atoms with van der Waals surface area (Å²) in [6.07, 6.45) is 0. The van der Waals surface area contributed by atoms with Crippen LogP contribution in [0, 0.1) is 6.92 Å². The standard InChI is InChI=1S/C19H18N2O2S/c1-13-16(8-9-17(21-13)18-7-4-10-24-18)19(22)20-12-14-5-3-6-15(11-14)23-2/h3-11H,12H2,1-2H3,(H,20,22). The Morgan fingerprint density at radius 1 is 1.21 bits per heavy atom. The van der Waals surface area contributed by atoms with Gasteiger partial charge in [0, 0.05) is 6.54 Å². The highest BCUT2D eigenvalue weighted by Crippen LogP contribution is 2.23. The molecule has 4 nitrogen and oxygen atoms in total. The molecule has 0 saturated heterocycles. The molecule has 0 radical (unpaired) electrons. The lowest BCUT2D eigenvalue weighted by atomic mass is 10.1. The maximum Gasteiger partial charge on any atom is 0.253 e. The number of nitrogens with zero attached hydrogens (tertiary/aromatic N) is 1. The number of pyridine rings is 1. The van der Waals surface area contributed by atoms with Gasteiger partial charge in [0.25, 0.3) is 5.91 Å². The molecule has 3 aromatic rings. The molecule has 1 N–H and O–H groups in total. The highest BCUT2D eigenvalue weighted by molar-refractivity contribution is 7.13. The zero-order valence-electron chi connectivity index (χ0n) is 13.6. The molecule has 2 aromatic heterocycles. The summed E-state index contributed by atoms with van der Waals surface area (Å²) in [4.78, 5) is 18.1. The Bertz CT molecular complexity index is 844. The van der Waals surface area contributed by atoms with Gasteiger partial charge in [-0.15, -0.1) is 11.3 Å². The highest BCUT2D eigenvalue weighted by Gasteiger charge is 2.11. The van der Waals surface area contributed by atoms with Gasteiger partial charge in [0.1, 0.15) is 5.75 Å². The minimum absolute atomic E-state index is 0.124. The first kappa shape index (κ1) is 16.2. The zero-order chi connectivity index (χ0) is 16.9. The smallest absolute Gasteiger partial charge is 0.253 e. The number of benzene rings is 1. The van der Waals surface area contributed by atoms with E-state index in [-0.39, 0.29) is 5.91 Å². The number of rotatable bonds is 5. The molecule has 0 aliphatic heterocycles. The Labute approximate surface area is 145 Å². The van der Waals surface area contributed by atoms with E-state index in [2.05, 4.69) is 10.3 Å². The first-order valence-corrected chi connectivity index (χ1v) is 8.48. The highest BCUT2D eigenvalue weighted by atomic mass is 32.1. The molecular formula is C19H18N2O2S. The third kappa shape index (κ3) is 3.63. The second-order valence-electron chi connectivity index (χ2n) is 5.34. The predicted octanol–water partition coefficient (Wildman–Crippen LogP) is 4.06. The van der Waals surface area contributed by atoms with Crippen LogP contribution in [0.1, 0.15) is 21.6 Å². The summed E-state index contributed by atoms with van der Waals surface area (Å²) in [6.45, 7) is 2.31. The van der Waals surface area contributed by atoms with Crippen molar-refractivity contribution in [1.29, 1.82) is 0 Å². The lowest BCUT2D eigenvalue weighted by molar-refractivity contribution is 0.0950. The van der Waals surface area contributed by atoms with Gasteiger partial charge in [-0.05, 0) is 48.2 Å². The average Bonchev–Trinajstić information content (AvgIpc) is 3.14. The van der Waals surface area contributed by atoms with Crippen LogP contribution in [-0.2, 0) is 6.54 Å². The second kappa shape index (κ2) is 7.27. The number of carbonyl (C=O) groups excluding carboxylic acids is 1. The molecule has 0 bridgehead atoms. The van der Waals surface area contributed by atoms with E-state index >= 15 is 0 Å². The van der Waals surface area contributed by atoms with Crippen LogP contribution in [0.25, 0.3) is 10.6 Å². The van der Waals surface area contributed by atoms with E-state index < -0.39 is 0 Å². The van der Waals surface area contributed by atoms with Crippen LogP contribution in [0.2, 0.25) is 0 Å². The molecule has 0 fully saturated rings. The van der Waals surface area contributed by atoms with Gasteiger partial charge in [-0.1, -0.05) is 18.2 Å². The third-order valence-electron chi connectivity index (χ3n) is 3.69. The van der Waals surface area contributed by atoms with Crippen molar-refractivity contribution >= 4 is 17.2 Å². The largest absolute Gasteiger partial charge is 0.497 e. The number of hydrogen-bond donors (Lipinski definition) is 1. The van der Waals surface area contributed by atoms with Gasteiger partial charge in [0.2, 0.25) is 0 Å². The fraction of sp³-hybridized carbons (Fsp3) is 0.158. The lowest BCUT2D eigenvalue weighted by Crippen LogP contribution is -2.24. The van der Waals surface area contributed by atoms with Crippen molar-refractivity contribution < 1.29 is 9.53 Å². The maximum atomic E-state index is 12.4. The van der Waals surface area contributed by atoms with Gasteiger partial charge in [-0.3, -0.25) is 9.78 Å². The summed E-state index contributed by atoms with van der Waals surface area (Å²) < 4.78 is 5.19. The van der Waals surface area contributed by atoms with Crippen LogP contribution in [0.15, 0.2) is 53.9 Å². The molecule has 0 aliphatic rings. The molecule has 0 spiro atoms. The number of carbonyl (C=O) groups is 1. The molecule has 2 heterocycles. The minimum Gasteiger partial charge on any atom is -0.497 e. The molecule has 122 valence electrons. The van der Waals surface area contributed by atoms with Crippen molar-refractivity contribution in [2.75, 3.05) is 7.11 Å². The molecular weight excluding hydrogens is 320 g/mol. The van der Waals surface area contributed by atoms with E-state index in [0.717, 1.165) is 27.6 Å². The van der Waals surface area contributed by atoms with E-state index in [9.17, 15) is 4.79 Å². The minimum atomic E-state index is -0.124. The summed E-state index contributed by atoms with van der Waals surface area (Å²) in [5, 5.41) is 4.94. The summed E-state index contributed by atoms with van der Waals surface area (Å²) in [6, 6.07) is 15.4. The van der Waals surface area contributed by atoms with Crippen molar-refractivity contribution in [3.05, 3.63) is 70.7 Å². The SMILES string of the molecule is COc1cccc(CNC(=O)c2ccc(-c3cccs3)nc2C)c1. The third-order valence-corrected chi connectivity index (χ3v) is 4.58. The van der Waals surface area contributed by atoms with E-state index in [1.165, 1.54) is 0 Å². The van der Waals surface area contributed by atoms with Gasteiger partial charge in [-0.2, -0.15) is 0 Å². The van der Waals surface area contributed by atoms with Gasteiger partial charge in [0.15, 0.2) is 0 Å². The molecule has 0 unspecified atom stereocenters. The Kier molecular flexibility index (Phi) is 4.91. The van der Waals surface area contributed by atoms with Gasteiger partial charge in [-0.25, -0.2) is 0 Å². The van der Waals surface area contributed by atoms with Crippen molar-refractivity contribution in [1.82, 2.24) is 10.3 Å². The fourth-order valence-electron chi connectivity index (χ4n) is 2.42. The van der Waals surface area contributed by atoms with Crippen LogP contribution >= 0.6 is 11.3 Å². The first-order valence-electron chi connectivity index (χ1n) is 7.60. The molecule has 5 heteroatoms. The molecule has 0 atom stereocenters. The van der Waals surface area contributed by atoms with E-state index in [0.29, 0.717) is 12.1 Å². The first-order chi connectivity index (χ1) is 11.7. The summed E-state index contributed by atoms with van der Waals surface area (Å²) >= 11 is 1.64. The summed E-state index contributed by atoms with van der Waals surface area (Å²) in [7, 11) is 1.63. The predicted molar refractivity (Wildman–Crippen MR) is 96.5 cm³/mol. The van der Waals surface area contributed by atoms with Crippen molar-refractivity contribution in [3.63, 3.8) is 0 Å². The monoisotopic (exact) mass is 338 g/mol. The van der Waals surface area contributed by atoms with Crippen molar-refractivity contribution in [3.8, 4) is 16.3 Å². The quantitative estimate of drug-likeness (QED) is 0.763. The molecule has 1 aromatic carbocycles. The summed E-state index contributed by atoms with van der Waals surface area (Å²) in [5.41, 5.74) is 3.21. The van der Waals surface area contributed by atoms with E-state index in [1.807, 2.05) is 60.8 Å². The average molecular weight is 338 g/mol. The number of methoxy groups -OCH3 is 1. The van der Waals surface area contributed by atoms with Crippen LogP contribution in [-0.4, -0.2) is 18.0 Å².